The van der Waals surface area contributed by atoms with Crippen LogP contribution in [0.3, 0.4) is 0 Å². The Morgan fingerprint density at radius 3 is 2.19 bits per heavy atom. The van der Waals surface area contributed by atoms with Gasteiger partial charge in [0, 0.05) is 14.1 Å². The van der Waals surface area contributed by atoms with Crippen LogP contribution in [-0.4, -0.2) is 29.0 Å². The van der Waals surface area contributed by atoms with E-state index in [4.69, 9.17) is 10.5 Å². The quantitative estimate of drug-likeness (QED) is 0.937. The average Bonchev–Trinajstić information content (AvgIpc) is 2.37. The molecule has 112 valence electrons. The maximum Gasteiger partial charge on any atom is 0.416 e. The van der Waals surface area contributed by atoms with E-state index in [2.05, 4.69) is 15.0 Å². The third-order valence-electron chi connectivity index (χ3n) is 2.41. The Kier molecular flexibility index (Phi) is 3.83. The Morgan fingerprint density at radius 1 is 1.05 bits per heavy atom. The zero-order chi connectivity index (χ0) is 15.6. The topological polar surface area (TPSA) is 77.2 Å². The summed E-state index contributed by atoms with van der Waals surface area (Å²) in [5.41, 5.74) is 4.75. The monoisotopic (exact) mass is 299 g/mol. The predicted octanol–water partition coefficient (Wildman–Crippen LogP) is 2.33. The average molecular weight is 299 g/mol. The van der Waals surface area contributed by atoms with Crippen LogP contribution in [0.4, 0.5) is 25.1 Å². The Morgan fingerprint density at radius 2 is 1.67 bits per heavy atom. The second-order valence-electron chi connectivity index (χ2n) is 4.29. The van der Waals surface area contributed by atoms with Gasteiger partial charge in [-0.15, -0.1) is 0 Å². The lowest BCUT2D eigenvalue weighted by Crippen LogP contribution is -2.15. The largest absolute Gasteiger partial charge is 0.424 e. The van der Waals surface area contributed by atoms with E-state index in [9.17, 15) is 13.2 Å². The van der Waals surface area contributed by atoms with Crippen molar-refractivity contribution in [2.45, 2.75) is 6.18 Å². The minimum Gasteiger partial charge on any atom is -0.424 e. The van der Waals surface area contributed by atoms with Gasteiger partial charge in [-0.1, -0.05) is 0 Å². The Balaban J connectivity index is 2.22. The van der Waals surface area contributed by atoms with Gasteiger partial charge in [-0.3, -0.25) is 0 Å². The van der Waals surface area contributed by atoms with Crippen LogP contribution >= 0.6 is 0 Å². The summed E-state index contributed by atoms with van der Waals surface area (Å²) in [4.78, 5) is 13.2. The van der Waals surface area contributed by atoms with Crippen LogP contribution < -0.4 is 15.4 Å². The van der Waals surface area contributed by atoms with Crippen LogP contribution in [0.5, 0.6) is 11.8 Å². The summed E-state index contributed by atoms with van der Waals surface area (Å²) in [7, 11) is 3.41. The molecule has 0 unspecified atom stereocenters. The third kappa shape index (κ3) is 3.71. The zero-order valence-electron chi connectivity index (χ0n) is 11.2. The molecule has 0 aliphatic carbocycles. The van der Waals surface area contributed by atoms with Gasteiger partial charge < -0.3 is 15.4 Å². The third-order valence-corrected chi connectivity index (χ3v) is 2.41. The van der Waals surface area contributed by atoms with Crippen LogP contribution in [0.25, 0.3) is 0 Å². The van der Waals surface area contributed by atoms with Crippen LogP contribution in [0.2, 0.25) is 0 Å². The minimum atomic E-state index is -4.39. The molecule has 0 radical (unpaired) electrons. The van der Waals surface area contributed by atoms with E-state index in [0.29, 0.717) is 0 Å². The van der Waals surface area contributed by atoms with Gasteiger partial charge in [0.2, 0.25) is 11.9 Å². The fourth-order valence-corrected chi connectivity index (χ4v) is 1.42. The molecule has 1 heterocycles. The molecule has 21 heavy (non-hydrogen) atoms. The molecule has 6 nitrogen and oxygen atoms in total. The van der Waals surface area contributed by atoms with E-state index >= 15 is 0 Å². The van der Waals surface area contributed by atoms with Crippen molar-refractivity contribution >= 4 is 11.9 Å². The Hall–Kier alpha value is -2.58. The lowest BCUT2D eigenvalue weighted by molar-refractivity contribution is -0.137. The highest BCUT2D eigenvalue weighted by Gasteiger charge is 2.30. The summed E-state index contributed by atoms with van der Waals surface area (Å²) >= 11 is 0. The SMILES string of the molecule is CN(C)c1nc(N)nc(Oc2ccc(C(F)(F)F)cc2)n1. The number of aromatic nitrogens is 3. The predicted molar refractivity (Wildman–Crippen MR) is 70.1 cm³/mol. The number of nitrogens with two attached hydrogens (primary N) is 1. The van der Waals surface area contributed by atoms with Crippen molar-refractivity contribution in [3.05, 3.63) is 29.8 Å². The van der Waals surface area contributed by atoms with Gasteiger partial charge in [0.25, 0.3) is 0 Å². The molecule has 0 atom stereocenters. The van der Waals surface area contributed by atoms with Crippen LogP contribution in [-0.2, 0) is 6.18 Å². The summed E-state index contributed by atoms with van der Waals surface area (Å²) in [6.07, 6.45) is -4.39. The number of ether oxygens (including phenoxy) is 1. The molecule has 0 saturated carbocycles. The first-order valence-corrected chi connectivity index (χ1v) is 5.79. The van der Waals surface area contributed by atoms with Crippen molar-refractivity contribution in [1.82, 2.24) is 15.0 Å². The van der Waals surface area contributed by atoms with Gasteiger partial charge in [-0.05, 0) is 24.3 Å². The smallest absolute Gasteiger partial charge is 0.416 e. The molecular weight excluding hydrogens is 287 g/mol. The number of alkyl halides is 3. The lowest BCUT2D eigenvalue weighted by Gasteiger charge is -2.12. The summed E-state index contributed by atoms with van der Waals surface area (Å²) < 4.78 is 42.6. The highest BCUT2D eigenvalue weighted by atomic mass is 19.4. The van der Waals surface area contributed by atoms with E-state index in [1.165, 1.54) is 12.1 Å². The summed E-state index contributed by atoms with van der Waals surface area (Å²) in [6, 6.07) is 4.08. The number of nitrogen functional groups attached to an aromatic ring is 1. The fourth-order valence-electron chi connectivity index (χ4n) is 1.42. The molecule has 1 aromatic heterocycles. The number of hydrogen-bond acceptors (Lipinski definition) is 6. The Labute approximate surface area is 118 Å². The molecule has 2 N–H and O–H groups in total. The van der Waals surface area contributed by atoms with Crippen molar-refractivity contribution in [3.63, 3.8) is 0 Å². The molecule has 0 aliphatic heterocycles. The van der Waals surface area contributed by atoms with Gasteiger partial charge in [0.05, 0.1) is 5.56 Å². The highest BCUT2D eigenvalue weighted by molar-refractivity contribution is 5.36. The molecule has 2 aromatic rings. The van der Waals surface area contributed by atoms with E-state index in [0.717, 1.165) is 12.1 Å². The van der Waals surface area contributed by atoms with E-state index in [1.807, 2.05) is 0 Å². The van der Waals surface area contributed by atoms with Gasteiger partial charge >= 0.3 is 12.2 Å². The number of nitrogens with zero attached hydrogens (tertiary/aromatic N) is 4. The van der Waals surface area contributed by atoms with E-state index in [-0.39, 0.29) is 23.7 Å². The van der Waals surface area contributed by atoms with Gasteiger partial charge in [0.15, 0.2) is 0 Å². The molecule has 0 spiro atoms. The molecule has 0 fully saturated rings. The molecule has 9 heteroatoms. The number of halogens is 3. The summed E-state index contributed by atoms with van der Waals surface area (Å²) in [5.74, 6) is 0.401. The second kappa shape index (κ2) is 5.43. The lowest BCUT2D eigenvalue weighted by atomic mass is 10.2. The van der Waals surface area contributed by atoms with Gasteiger partial charge in [0.1, 0.15) is 5.75 Å². The first-order valence-electron chi connectivity index (χ1n) is 5.79. The molecule has 0 saturated heterocycles. The standard InChI is InChI=1S/C12H12F3N5O/c1-20(2)10-17-9(16)18-11(19-10)21-8-5-3-7(4-6-8)12(13,14)15/h3-6H,1-2H3,(H2,16,17,18,19). The molecular formula is C12H12F3N5O. The molecule has 0 bridgehead atoms. The van der Waals surface area contributed by atoms with Gasteiger partial charge in [-0.25, -0.2) is 0 Å². The maximum absolute atomic E-state index is 12.4. The van der Waals surface area contributed by atoms with E-state index < -0.39 is 11.7 Å². The van der Waals surface area contributed by atoms with Crippen molar-refractivity contribution in [1.29, 1.82) is 0 Å². The number of hydrogen-bond donors (Lipinski definition) is 1. The number of rotatable bonds is 3. The summed E-state index contributed by atoms with van der Waals surface area (Å²) in [6.45, 7) is 0. The van der Waals surface area contributed by atoms with Crippen molar-refractivity contribution in [2.75, 3.05) is 24.7 Å². The van der Waals surface area contributed by atoms with E-state index in [1.54, 1.807) is 19.0 Å². The first kappa shape index (κ1) is 14.8. The minimum absolute atomic E-state index is 0.0457. The van der Waals surface area contributed by atoms with Crippen LogP contribution in [0.1, 0.15) is 5.56 Å². The molecule has 1 aromatic carbocycles. The molecule has 0 aliphatic rings. The zero-order valence-corrected chi connectivity index (χ0v) is 11.2. The molecule has 2 rings (SSSR count). The fraction of sp³-hybridized carbons (Fsp3) is 0.250. The van der Waals surface area contributed by atoms with Crippen molar-refractivity contribution < 1.29 is 17.9 Å². The molecule has 0 amide bonds. The Bertz CT molecular complexity index is 628. The number of benzene rings is 1. The normalized spacial score (nSPS) is 11.3. The van der Waals surface area contributed by atoms with Gasteiger partial charge in [-0.2, -0.15) is 28.1 Å². The van der Waals surface area contributed by atoms with Crippen molar-refractivity contribution in [3.8, 4) is 11.8 Å². The second-order valence-corrected chi connectivity index (χ2v) is 4.29. The maximum atomic E-state index is 12.4. The number of anilines is 2. The summed E-state index contributed by atoms with van der Waals surface area (Å²) in [5, 5.41) is 0. The first-order chi connectivity index (χ1) is 9.75. The van der Waals surface area contributed by atoms with Crippen molar-refractivity contribution in [2.24, 2.45) is 0 Å². The van der Waals surface area contributed by atoms with Crippen LogP contribution in [0, 0.1) is 0 Å². The highest BCUT2D eigenvalue weighted by Crippen LogP contribution is 2.31. The van der Waals surface area contributed by atoms with Crippen LogP contribution in [0.15, 0.2) is 24.3 Å².